The summed E-state index contributed by atoms with van der Waals surface area (Å²) in [6.45, 7) is 0.642. The van der Waals surface area contributed by atoms with Gasteiger partial charge in [-0.1, -0.05) is 17.4 Å². The van der Waals surface area contributed by atoms with Gasteiger partial charge in [-0.15, -0.1) is 0 Å². The molecule has 2 heterocycles. The maximum absolute atomic E-state index is 5.79. The predicted molar refractivity (Wildman–Crippen MR) is 78.6 cm³/mol. The summed E-state index contributed by atoms with van der Waals surface area (Å²) in [5.74, 6) is 1.34. The quantitative estimate of drug-likeness (QED) is 0.800. The van der Waals surface area contributed by atoms with Crippen LogP contribution in [0.5, 0.6) is 0 Å². The molecule has 1 aliphatic rings. The number of aromatic nitrogens is 3. The van der Waals surface area contributed by atoms with Crippen molar-refractivity contribution in [2.45, 2.75) is 25.7 Å². The lowest BCUT2D eigenvalue weighted by molar-refractivity contribution is 0.379. The van der Waals surface area contributed by atoms with E-state index in [1.54, 1.807) is 0 Å². The van der Waals surface area contributed by atoms with Crippen molar-refractivity contribution < 1.29 is 4.52 Å². The van der Waals surface area contributed by atoms with Gasteiger partial charge in [0.1, 0.15) is 10.8 Å². The number of hydrogen-bond acceptors (Lipinski definition) is 6. The van der Waals surface area contributed by atoms with Gasteiger partial charge in [0.05, 0.1) is 5.56 Å². The number of nitrogens with one attached hydrogen (secondary N) is 1. The van der Waals surface area contributed by atoms with Gasteiger partial charge in [0.15, 0.2) is 6.33 Å². The van der Waals surface area contributed by atoms with E-state index in [0.717, 1.165) is 36.3 Å². The Kier molecular flexibility index (Phi) is 3.60. The third-order valence-corrected chi connectivity index (χ3v) is 3.57. The Bertz CT molecular complexity index is 626. The summed E-state index contributed by atoms with van der Waals surface area (Å²) >= 11 is 5.11. The van der Waals surface area contributed by atoms with Crippen molar-refractivity contribution in [2.75, 3.05) is 11.9 Å². The zero-order chi connectivity index (χ0) is 13.9. The van der Waals surface area contributed by atoms with Crippen molar-refractivity contribution in [2.24, 2.45) is 5.73 Å². The first-order chi connectivity index (χ1) is 9.74. The van der Waals surface area contributed by atoms with E-state index >= 15 is 0 Å². The minimum absolute atomic E-state index is 0.368. The van der Waals surface area contributed by atoms with Gasteiger partial charge in [0, 0.05) is 18.7 Å². The number of fused-ring (bicyclic) bond motifs is 1. The Morgan fingerprint density at radius 3 is 3.10 bits per heavy atom. The molecule has 0 saturated heterocycles. The first-order valence-electron chi connectivity index (χ1n) is 6.56. The van der Waals surface area contributed by atoms with E-state index in [0.29, 0.717) is 23.8 Å². The topological polar surface area (TPSA) is 89.9 Å². The maximum Gasteiger partial charge on any atom is 0.228 e. The number of thiocarbonyl (C=S) groups is 1. The molecule has 0 atom stereocenters. The van der Waals surface area contributed by atoms with Crippen LogP contribution in [-0.4, -0.2) is 26.7 Å². The van der Waals surface area contributed by atoms with Crippen molar-refractivity contribution >= 4 is 23.0 Å². The molecular weight excluding hydrogens is 274 g/mol. The van der Waals surface area contributed by atoms with Gasteiger partial charge in [-0.05, 0) is 30.9 Å². The summed E-state index contributed by atoms with van der Waals surface area (Å²) < 4.78 is 4.95. The summed E-state index contributed by atoms with van der Waals surface area (Å²) in [5.41, 5.74) is 9.00. The molecule has 0 unspecified atom stereocenters. The minimum Gasteiger partial charge on any atom is -0.389 e. The number of rotatable bonds is 5. The van der Waals surface area contributed by atoms with Crippen LogP contribution in [0.3, 0.4) is 0 Å². The average Bonchev–Trinajstić information content (AvgIpc) is 3.07. The van der Waals surface area contributed by atoms with Crippen LogP contribution in [0, 0.1) is 0 Å². The Labute approximate surface area is 121 Å². The van der Waals surface area contributed by atoms with E-state index in [2.05, 4.69) is 26.5 Å². The maximum atomic E-state index is 5.79. The average molecular weight is 289 g/mol. The van der Waals surface area contributed by atoms with Crippen LogP contribution in [0.1, 0.15) is 29.1 Å². The van der Waals surface area contributed by atoms with Crippen LogP contribution in [-0.2, 0) is 19.3 Å². The molecule has 0 amide bonds. The predicted octanol–water partition coefficient (Wildman–Crippen LogP) is 1.24. The molecule has 0 bridgehead atoms. The van der Waals surface area contributed by atoms with Crippen LogP contribution >= 0.6 is 12.2 Å². The fraction of sp³-hybridized carbons (Fsp3) is 0.385. The van der Waals surface area contributed by atoms with Gasteiger partial charge in [-0.2, -0.15) is 4.98 Å². The van der Waals surface area contributed by atoms with E-state index in [1.807, 2.05) is 0 Å². The number of nitrogens with zero attached hydrogens (tertiary/aromatic N) is 3. The van der Waals surface area contributed by atoms with Crippen LogP contribution in [0.2, 0.25) is 0 Å². The van der Waals surface area contributed by atoms with Crippen molar-refractivity contribution in [3.63, 3.8) is 0 Å². The molecule has 1 aliphatic carbocycles. The second kappa shape index (κ2) is 5.54. The first kappa shape index (κ1) is 13.0. The largest absolute Gasteiger partial charge is 0.389 e. The molecule has 0 spiro atoms. The second-order valence-electron chi connectivity index (χ2n) is 4.72. The summed E-state index contributed by atoms with van der Waals surface area (Å²) in [4.78, 5) is 8.99. The second-order valence-corrected chi connectivity index (χ2v) is 5.16. The number of pyridine rings is 1. The smallest absolute Gasteiger partial charge is 0.228 e. The Hall–Kier alpha value is -2.02. The normalized spacial score (nSPS) is 13.2. The van der Waals surface area contributed by atoms with Gasteiger partial charge in [0.25, 0.3) is 0 Å². The summed E-state index contributed by atoms with van der Waals surface area (Å²) in [5, 5.41) is 6.83. The third kappa shape index (κ3) is 2.62. The van der Waals surface area contributed by atoms with Crippen molar-refractivity contribution in [3.05, 3.63) is 35.1 Å². The Morgan fingerprint density at radius 2 is 2.35 bits per heavy atom. The van der Waals surface area contributed by atoms with E-state index in [4.69, 9.17) is 22.5 Å². The number of aryl methyl sites for hydroxylation is 2. The molecule has 2 aromatic rings. The van der Waals surface area contributed by atoms with Crippen molar-refractivity contribution in [1.82, 2.24) is 15.1 Å². The molecule has 20 heavy (non-hydrogen) atoms. The zero-order valence-electron chi connectivity index (χ0n) is 10.9. The van der Waals surface area contributed by atoms with E-state index in [1.165, 1.54) is 11.9 Å². The minimum atomic E-state index is 0.368. The fourth-order valence-corrected chi connectivity index (χ4v) is 2.54. The molecule has 0 radical (unpaired) electrons. The lowest BCUT2D eigenvalue weighted by atomic mass is 10.1. The van der Waals surface area contributed by atoms with Crippen LogP contribution in [0.25, 0.3) is 0 Å². The molecular formula is C13H15N5OS. The Balaban J connectivity index is 1.75. The molecule has 0 saturated carbocycles. The number of anilines is 1. The van der Waals surface area contributed by atoms with Crippen LogP contribution < -0.4 is 11.1 Å². The van der Waals surface area contributed by atoms with E-state index in [-0.39, 0.29) is 0 Å². The molecule has 0 fully saturated rings. The molecule has 3 rings (SSSR count). The molecule has 6 nitrogen and oxygen atoms in total. The van der Waals surface area contributed by atoms with Gasteiger partial charge < -0.3 is 15.6 Å². The lowest BCUT2D eigenvalue weighted by Crippen LogP contribution is -2.17. The van der Waals surface area contributed by atoms with Crippen LogP contribution in [0.15, 0.2) is 16.9 Å². The van der Waals surface area contributed by atoms with Crippen molar-refractivity contribution in [3.8, 4) is 0 Å². The number of hydrogen-bond donors (Lipinski definition) is 2. The molecule has 3 N–H and O–H groups in total. The lowest BCUT2D eigenvalue weighted by Gasteiger charge is -2.12. The zero-order valence-corrected chi connectivity index (χ0v) is 11.7. The highest BCUT2D eigenvalue weighted by molar-refractivity contribution is 7.80. The van der Waals surface area contributed by atoms with Gasteiger partial charge in [-0.25, -0.2) is 4.98 Å². The molecule has 104 valence electrons. The summed E-state index contributed by atoms with van der Waals surface area (Å²) in [7, 11) is 0. The Morgan fingerprint density at radius 1 is 1.45 bits per heavy atom. The first-order valence-corrected chi connectivity index (χ1v) is 6.97. The molecule has 7 heteroatoms. The van der Waals surface area contributed by atoms with Gasteiger partial charge >= 0.3 is 0 Å². The standard InChI is InChI=1S/C13H15N5OS/c14-12(20)9-6-8-2-1-3-10(8)18-13(9)15-5-4-11-16-7-17-19-11/h6-7H,1-5H2,(H2,14,20)(H,15,18). The summed E-state index contributed by atoms with van der Waals surface area (Å²) in [6, 6.07) is 2.06. The summed E-state index contributed by atoms with van der Waals surface area (Å²) in [6.07, 6.45) is 5.25. The monoisotopic (exact) mass is 289 g/mol. The number of nitrogens with two attached hydrogens (primary N) is 1. The van der Waals surface area contributed by atoms with E-state index in [9.17, 15) is 0 Å². The third-order valence-electron chi connectivity index (χ3n) is 3.35. The van der Waals surface area contributed by atoms with Gasteiger partial charge in [0.2, 0.25) is 5.89 Å². The van der Waals surface area contributed by atoms with E-state index < -0.39 is 0 Å². The fourth-order valence-electron chi connectivity index (χ4n) is 2.39. The van der Waals surface area contributed by atoms with Crippen LogP contribution in [0.4, 0.5) is 5.82 Å². The highest BCUT2D eigenvalue weighted by atomic mass is 32.1. The molecule has 0 aromatic carbocycles. The SMILES string of the molecule is NC(=S)c1cc2c(nc1NCCc1ncno1)CCC2. The molecule has 0 aliphatic heterocycles. The highest BCUT2D eigenvalue weighted by Gasteiger charge is 2.17. The highest BCUT2D eigenvalue weighted by Crippen LogP contribution is 2.25. The molecule has 2 aromatic heterocycles. The van der Waals surface area contributed by atoms with Crippen molar-refractivity contribution in [1.29, 1.82) is 0 Å². The van der Waals surface area contributed by atoms with Gasteiger partial charge in [-0.3, -0.25) is 0 Å².